The molecule has 0 aliphatic carbocycles. The number of nitriles is 1. The maximum Gasteiger partial charge on any atom is 0.263 e. The maximum atomic E-state index is 11.7. The molecular formula is C13H20N4O3. The second-order valence-electron chi connectivity index (χ2n) is 4.39. The smallest absolute Gasteiger partial charge is 0.263 e. The Kier molecular flexibility index (Phi) is 7.84. The molecule has 1 atom stereocenters. The van der Waals surface area contributed by atoms with Crippen molar-refractivity contribution in [1.82, 2.24) is 16.0 Å². The molecule has 2 amide bonds. The zero-order chi connectivity index (χ0) is 14.6. The molecule has 0 aromatic rings. The Balaban J connectivity index is 2.23. The van der Waals surface area contributed by atoms with E-state index in [1.807, 2.05) is 6.07 Å². The number of nitrogens with one attached hydrogen (secondary N) is 3. The largest absolute Gasteiger partial charge is 0.390 e. The first-order valence-electron chi connectivity index (χ1n) is 6.68. The summed E-state index contributed by atoms with van der Waals surface area (Å²) in [5.41, 5.74) is 0.0337. The van der Waals surface area contributed by atoms with Crippen molar-refractivity contribution in [2.45, 2.75) is 25.4 Å². The molecule has 0 saturated carbocycles. The Morgan fingerprint density at radius 3 is 2.85 bits per heavy atom. The topological polar surface area (TPSA) is 103 Å². The number of nitrogens with zero attached hydrogens (tertiary/aromatic N) is 1. The van der Waals surface area contributed by atoms with Crippen LogP contribution in [0.4, 0.5) is 0 Å². The quantitative estimate of drug-likeness (QED) is 0.227. The van der Waals surface area contributed by atoms with Gasteiger partial charge in [-0.25, -0.2) is 0 Å². The van der Waals surface area contributed by atoms with Crippen molar-refractivity contribution < 1.29 is 14.3 Å². The number of rotatable bonds is 9. The Morgan fingerprint density at radius 2 is 2.20 bits per heavy atom. The van der Waals surface area contributed by atoms with Gasteiger partial charge in [-0.05, 0) is 19.3 Å². The molecule has 0 spiro atoms. The molecule has 1 aliphatic heterocycles. The van der Waals surface area contributed by atoms with E-state index in [0.29, 0.717) is 32.5 Å². The summed E-state index contributed by atoms with van der Waals surface area (Å²) in [4.78, 5) is 21.8. The predicted octanol–water partition coefficient (Wildman–Crippen LogP) is -0.585. The monoisotopic (exact) mass is 280 g/mol. The van der Waals surface area contributed by atoms with Gasteiger partial charge in [0.2, 0.25) is 6.41 Å². The van der Waals surface area contributed by atoms with Crippen molar-refractivity contribution in [2.75, 3.05) is 26.2 Å². The molecule has 7 nitrogen and oxygen atoms in total. The minimum Gasteiger partial charge on any atom is -0.390 e. The minimum absolute atomic E-state index is 0.0337. The molecule has 110 valence electrons. The third-order valence-electron chi connectivity index (χ3n) is 2.85. The van der Waals surface area contributed by atoms with Gasteiger partial charge >= 0.3 is 0 Å². The molecule has 1 rings (SSSR count). The highest BCUT2D eigenvalue weighted by Gasteiger charge is 2.17. The number of carbonyl (C=O) groups excluding carboxylic acids is 2. The summed E-state index contributed by atoms with van der Waals surface area (Å²) in [6.07, 6.45) is 4.75. The highest BCUT2D eigenvalue weighted by molar-refractivity contribution is 5.97. The summed E-state index contributed by atoms with van der Waals surface area (Å²) in [6, 6.07) is 1.85. The van der Waals surface area contributed by atoms with Crippen LogP contribution in [-0.2, 0) is 14.3 Å². The summed E-state index contributed by atoms with van der Waals surface area (Å²) in [5, 5.41) is 17.0. The third-order valence-corrected chi connectivity index (χ3v) is 2.85. The molecule has 1 aliphatic rings. The predicted molar refractivity (Wildman–Crippen MR) is 72.4 cm³/mol. The maximum absolute atomic E-state index is 11.7. The van der Waals surface area contributed by atoms with Gasteiger partial charge in [0, 0.05) is 32.4 Å². The van der Waals surface area contributed by atoms with Gasteiger partial charge in [-0.1, -0.05) is 0 Å². The van der Waals surface area contributed by atoms with Gasteiger partial charge in [-0.2, -0.15) is 5.26 Å². The normalized spacial score (nSPS) is 18.1. The van der Waals surface area contributed by atoms with E-state index in [2.05, 4.69) is 16.0 Å². The van der Waals surface area contributed by atoms with Crippen molar-refractivity contribution in [3.8, 4) is 6.07 Å². The molecule has 20 heavy (non-hydrogen) atoms. The first-order valence-corrected chi connectivity index (χ1v) is 6.68. The van der Waals surface area contributed by atoms with E-state index in [1.54, 1.807) is 0 Å². The van der Waals surface area contributed by atoms with Gasteiger partial charge in [0.15, 0.2) is 0 Å². The summed E-state index contributed by atoms with van der Waals surface area (Å²) in [5.74, 6) is -0.401. The standard InChI is InChI=1S/C13H20N4O3/c14-7-11(8-15-4-2-5-16-10-18)13(19)17-9-12-3-1-6-20-12/h8,10,12,15H,1-6,9H2,(H,16,18)(H,17,19)/b11-8-. The fraction of sp³-hybridized carbons (Fsp3) is 0.615. The molecule has 0 aromatic heterocycles. The number of ether oxygens (including phenoxy) is 1. The van der Waals surface area contributed by atoms with E-state index in [0.717, 1.165) is 19.4 Å². The van der Waals surface area contributed by atoms with Gasteiger partial charge in [0.25, 0.3) is 5.91 Å². The molecule has 7 heteroatoms. The van der Waals surface area contributed by atoms with Gasteiger partial charge in [0.05, 0.1) is 6.10 Å². The van der Waals surface area contributed by atoms with Gasteiger partial charge in [0.1, 0.15) is 11.6 Å². The lowest BCUT2D eigenvalue weighted by atomic mass is 10.2. The first kappa shape index (κ1) is 16.0. The van der Waals surface area contributed by atoms with Crippen LogP contribution in [0.5, 0.6) is 0 Å². The third kappa shape index (κ3) is 6.20. The van der Waals surface area contributed by atoms with Crippen LogP contribution in [0, 0.1) is 11.3 Å². The van der Waals surface area contributed by atoms with E-state index < -0.39 is 5.91 Å². The molecule has 1 saturated heterocycles. The molecule has 1 fully saturated rings. The highest BCUT2D eigenvalue weighted by Crippen LogP contribution is 2.10. The fourth-order valence-electron chi connectivity index (χ4n) is 1.78. The van der Waals surface area contributed by atoms with E-state index >= 15 is 0 Å². The Morgan fingerprint density at radius 1 is 1.40 bits per heavy atom. The number of carbonyl (C=O) groups is 2. The van der Waals surface area contributed by atoms with Crippen LogP contribution in [0.2, 0.25) is 0 Å². The lowest BCUT2D eigenvalue weighted by molar-refractivity contribution is -0.117. The lowest BCUT2D eigenvalue weighted by Crippen LogP contribution is -2.33. The molecule has 3 N–H and O–H groups in total. The molecule has 0 radical (unpaired) electrons. The van der Waals surface area contributed by atoms with Crippen LogP contribution in [0.3, 0.4) is 0 Å². The highest BCUT2D eigenvalue weighted by atomic mass is 16.5. The Bertz CT molecular complexity index is 384. The number of amides is 2. The van der Waals surface area contributed by atoms with Gasteiger partial charge in [-0.3, -0.25) is 9.59 Å². The van der Waals surface area contributed by atoms with Gasteiger partial charge < -0.3 is 20.7 Å². The zero-order valence-electron chi connectivity index (χ0n) is 11.4. The second-order valence-corrected chi connectivity index (χ2v) is 4.39. The molecule has 0 aromatic carbocycles. The fourth-order valence-corrected chi connectivity index (χ4v) is 1.78. The molecular weight excluding hydrogens is 260 g/mol. The summed E-state index contributed by atoms with van der Waals surface area (Å²) in [7, 11) is 0. The van der Waals surface area contributed by atoms with Crippen molar-refractivity contribution >= 4 is 12.3 Å². The van der Waals surface area contributed by atoms with E-state index in [9.17, 15) is 9.59 Å². The molecule has 1 unspecified atom stereocenters. The number of hydrogen-bond acceptors (Lipinski definition) is 5. The Hall–Kier alpha value is -2.07. The van der Waals surface area contributed by atoms with Crippen LogP contribution < -0.4 is 16.0 Å². The van der Waals surface area contributed by atoms with Crippen molar-refractivity contribution in [1.29, 1.82) is 5.26 Å². The van der Waals surface area contributed by atoms with E-state index in [-0.39, 0.29) is 11.7 Å². The number of hydrogen-bond donors (Lipinski definition) is 3. The summed E-state index contributed by atoms with van der Waals surface area (Å²) >= 11 is 0. The van der Waals surface area contributed by atoms with Gasteiger partial charge in [-0.15, -0.1) is 0 Å². The summed E-state index contributed by atoms with van der Waals surface area (Å²) in [6.45, 7) is 2.29. The second kappa shape index (κ2) is 9.81. The average Bonchev–Trinajstić information content (AvgIpc) is 2.97. The average molecular weight is 280 g/mol. The van der Waals surface area contributed by atoms with Crippen LogP contribution in [0.15, 0.2) is 11.8 Å². The summed E-state index contributed by atoms with van der Waals surface area (Å²) < 4.78 is 5.38. The lowest BCUT2D eigenvalue weighted by Gasteiger charge is -2.10. The van der Waals surface area contributed by atoms with Crippen LogP contribution >= 0.6 is 0 Å². The first-order chi connectivity index (χ1) is 9.77. The van der Waals surface area contributed by atoms with Crippen LogP contribution in [-0.4, -0.2) is 44.7 Å². The van der Waals surface area contributed by atoms with E-state index in [1.165, 1.54) is 6.20 Å². The van der Waals surface area contributed by atoms with Crippen LogP contribution in [0.1, 0.15) is 19.3 Å². The van der Waals surface area contributed by atoms with Crippen LogP contribution in [0.25, 0.3) is 0 Å². The SMILES string of the molecule is N#C/C(=C/NCCCNC=O)C(=O)NCC1CCCO1. The minimum atomic E-state index is -0.401. The Labute approximate surface area is 118 Å². The zero-order valence-corrected chi connectivity index (χ0v) is 11.4. The molecule has 0 bridgehead atoms. The van der Waals surface area contributed by atoms with Crippen molar-refractivity contribution in [2.24, 2.45) is 0 Å². The van der Waals surface area contributed by atoms with Crippen molar-refractivity contribution in [3.63, 3.8) is 0 Å². The van der Waals surface area contributed by atoms with Crippen molar-refractivity contribution in [3.05, 3.63) is 11.8 Å². The van der Waals surface area contributed by atoms with E-state index in [4.69, 9.17) is 10.00 Å². The molecule has 1 heterocycles.